The number of carbonyl (C=O) groups excluding carboxylic acids is 1. The maximum atomic E-state index is 12.9. The Kier molecular flexibility index (Phi) is 6.66. The molecular formula is C21H21F3O3. The van der Waals surface area contributed by atoms with Gasteiger partial charge in [-0.15, -0.1) is 0 Å². The van der Waals surface area contributed by atoms with Gasteiger partial charge in [0, 0.05) is 11.6 Å². The van der Waals surface area contributed by atoms with Crippen molar-refractivity contribution in [1.29, 1.82) is 0 Å². The van der Waals surface area contributed by atoms with E-state index < -0.39 is 17.7 Å². The second kappa shape index (κ2) is 8.75. The lowest BCUT2D eigenvalue weighted by Gasteiger charge is -2.19. The van der Waals surface area contributed by atoms with Crippen LogP contribution in [0.4, 0.5) is 13.2 Å². The Bertz CT molecular complexity index is 828. The summed E-state index contributed by atoms with van der Waals surface area (Å²) < 4.78 is 49.0. The predicted molar refractivity (Wildman–Crippen MR) is 98.2 cm³/mol. The number of hydrogen-bond acceptors (Lipinski definition) is 3. The van der Waals surface area contributed by atoms with Gasteiger partial charge in [-0.2, -0.15) is 13.2 Å². The van der Waals surface area contributed by atoms with Crippen LogP contribution in [0, 0.1) is 0 Å². The second-order valence-electron chi connectivity index (χ2n) is 6.06. The summed E-state index contributed by atoms with van der Waals surface area (Å²) >= 11 is 0. The van der Waals surface area contributed by atoms with Crippen molar-refractivity contribution in [2.45, 2.75) is 26.9 Å². The van der Waals surface area contributed by atoms with Gasteiger partial charge in [0.05, 0.1) is 12.2 Å². The molecule has 0 unspecified atom stereocenters. The van der Waals surface area contributed by atoms with Gasteiger partial charge in [-0.3, -0.25) is 0 Å². The van der Waals surface area contributed by atoms with Crippen molar-refractivity contribution in [3.63, 3.8) is 0 Å². The third-order valence-electron chi connectivity index (χ3n) is 3.89. The van der Waals surface area contributed by atoms with Gasteiger partial charge in [0.25, 0.3) is 0 Å². The number of esters is 1. The first kappa shape index (κ1) is 20.6. The fourth-order valence-electron chi connectivity index (χ4n) is 2.45. The lowest BCUT2D eigenvalue weighted by Crippen LogP contribution is -2.10. The fourth-order valence-corrected chi connectivity index (χ4v) is 2.45. The molecule has 0 bridgehead atoms. The third-order valence-corrected chi connectivity index (χ3v) is 3.89. The lowest BCUT2D eigenvalue weighted by molar-refractivity contribution is -0.138. The first-order valence-electron chi connectivity index (χ1n) is 8.45. The molecule has 0 spiro atoms. The van der Waals surface area contributed by atoms with Gasteiger partial charge in [0.15, 0.2) is 0 Å². The number of allylic oxidation sites excluding steroid dienone is 4. The molecule has 27 heavy (non-hydrogen) atoms. The highest BCUT2D eigenvalue weighted by atomic mass is 19.4. The molecule has 0 atom stereocenters. The first-order valence-corrected chi connectivity index (χ1v) is 8.45. The molecule has 144 valence electrons. The highest BCUT2D eigenvalue weighted by molar-refractivity contribution is 5.83. The molecule has 1 heterocycles. The monoisotopic (exact) mass is 378 g/mol. The molecule has 2 rings (SSSR count). The van der Waals surface area contributed by atoms with Crippen LogP contribution in [0.2, 0.25) is 0 Å². The number of rotatable bonds is 5. The molecule has 1 aromatic rings. The first-order chi connectivity index (χ1) is 12.7. The zero-order valence-electron chi connectivity index (χ0n) is 15.4. The Balaban J connectivity index is 2.16. The van der Waals surface area contributed by atoms with Crippen LogP contribution >= 0.6 is 0 Å². The van der Waals surface area contributed by atoms with Crippen LogP contribution in [0.5, 0.6) is 5.75 Å². The van der Waals surface area contributed by atoms with Crippen molar-refractivity contribution < 1.29 is 27.4 Å². The summed E-state index contributed by atoms with van der Waals surface area (Å²) in [6.07, 6.45) is 4.03. The Labute approximate surface area is 156 Å². The van der Waals surface area contributed by atoms with E-state index in [9.17, 15) is 18.0 Å². The standard InChI is InChI=1S/C21H21F3O3/c1-4-26-20(25)10-14(2)6-5-7-15(3)17-11-16-12-18(21(22,23)24)8-9-19(16)27-13-17/h5-12H,4,13H2,1-3H3/b6-5+,14-10+,15-7+. The second-order valence-corrected chi connectivity index (χ2v) is 6.06. The van der Waals surface area contributed by atoms with E-state index in [1.807, 2.05) is 13.0 Å². The van der Waals surface area contributed by atoms with Crippen molar-refractivity contribution in [2.24, 2.45) is 0 Å². The fraction of sp³-hybridized carbons (Fsp3) is 0.286. The van der Waals surface area contributed by atoms with E-state index in [1.54, 1.807) is 32.1 Å². The summed E-state index contributed by atoms with van der Waals surface area (Å²) in [6, 6.07) is 3.44. The highest BCUT2D eigenvalue weighted by Gasteiger charge is 2.31. The van der Waals surface area contributed by atoms with E-state index in [4.69, 9.17) is 9.47 Å². The molecule has 6 heteroatoms. The van der Waals surface area contributed by atoms with E-state index in [2.05, 4.69) is 0 Å². The topological polar surface area (TPSA) is 35.5 Å². The summed E-state index contributed by atoms with van der Waals surface area (Å²) in [5.74, 6) is 0.0316. The molecule has 0 N–H and O–H groups in total. The Morgan fingerprint density at radius 3 is 2.70 bits per heavy atom. The molecule has 0 saturated heterocycles. The average Bonchev–Trinajstić information content (AvgIpc) is 2.60. The number of benzene rings is 1. The highest BCUT2D eigenvalue weighted by Crippen LogP contribution is 2.35. The Morgan fingerprint density at radius 2 is 2.04 bits per heavy atom. The maximum Gasteiger partial charge on any atom is 0.416 e. The zero-order valence-corrected chi connectivity index (χ0v) is 15.4. The van der Waals surface area contributed by atoms with Gasteiger partial charge in [-0.05, 0) is 61.8 Å². The molecule has 1 aliphatic rings. The Hall–Kier alpha value is -2.76. The van der Waals surface area contributed by atoms with E-state index in [-0.39, 0.29) is 6.61 Å². The molecule has 0 aromatic heterocycles. The molecule has 0 saturated carbocycles. The number of halogens is 3. The van der Waals surface area contributed by atoms with Crippen LogP contribution in [0.3, 0.4) is 0 Å². The molecule has 0 amide bonds. The van der Waals surface area contributed by atoms with E-state index in [0.29, 0.717) is 17.9 Å². The molecule has 3 nitrogen and oxygen atoms in total. The van der Waals surface area contributed by atoms with Gasteiger partial charge in [-0.1, -0.05) is 18.2 Å². The summed E-state index contributed by atoms with van der Waals surface area (Å²) in [5.41, 5.74) is 2.08. The van der Waals surface area contributed by atoms with Crippen LogP contribution in [-0.2, 0) is 15.7 Å². The lowest BCUT2D eigenvalue weighted by atomic mass is 10.00. The SMILES string of the molecule is CCOC(=O)/C=C(C)/C=C/C=C(\C)C1=Cc2cc(C(F)(F)F)ccc2OC1. The van der Waals surface area contributed by atoms with Gasteiger partial charge >= 0.3 is 12.1 Å². The van der Waals surface area contributed by atoms with Crippen LogP contribution in [0.25, 0.3) is 6.08 Å². The van der Waals surface area contributed by atoms with Crippen LogP contribution < -0.4 is 4.74 Å². The maximum absolute atomic E-state index is 12.9. The van der Waals surface area contributed by atoms with Gasteiger partial charge in [0.2, 0.25) is 0 Å². The number of hydrogen-bond donors (Lipinski definition) is 0. The van der Waals surface area contributed by atoms with Crippen molar-refractivity contribution >= 4 is 12.0 Å². The summed E-state index contributed by atoms with van der Waals surface area (Å²) in [4.78, 5) is 11.4. The minimum atomic E-state index is -4.39. The van der Waals surface area contributed by atoms with Crippen molar-refractivity contribution in [3.8, 4) is 5.75 Å². The number of ether oxygens (including phenoxy) is 2. The smallest absolute Gasteiger partial charge is 0.416 e. The largest absolute Gasteiger partial charge is 0.488 e. The van der Waals surface area contributed by atoms with E-state index in [0.717, 1.165) is 28.9 Å². The quantitative estimate of drug-likeness (QED) is 0.386. The number of alkyl halides is 3. The summed E-state index contributed by atoms with van der Waals surface area (Å²) in [5, 5.41) is 0. The molecule has 0 aliphatic carbocycles. The van der Waals surface area contributed by atoms with Crippen molar-refractivity contribution in [3.05, 3.63) is 70.3 Å². The van der Waals surface area contributed by atoms with E-state index >= 15 is 0 Å². The van der Waals surface area contributed by atoms with Crippen LogP contribution in [0.1, 0.15) is 31.9 Å². The van der Waals surface area contributed by atoms with Crippen molar-refractivity contribution in [2.75, 3.05) is 13.2 Å². The average molecular weight is 378 g/mol. The number of carbonyl (C=O) groups is 1. The number of fused-ring (bicyclic) bond motifs is 1. The predicted octanol–water partition coefficient (Wildman–Crippen LogP) is 5.49. The van der Waals surface area contributed by atoms with Crippen LogP contribution in [0.15, 0.2) is 59.2 Å². The minimum absolute atomic E-state index is 0.284. The molecule has 1 aromatic carbocycles. The third kappa shape index (κ3) is 5.88. The zero-order chi connectivity index (χ0) is 20.0. The molecule has 1 aliphatic heterocycles. The minimum Gasteiger partial charge on any atom is -0.488 e. The normalized spacial score (nSPS) is 15.3. The molecule has 0 radical (unpaired) electrons. The molecular weight excluding hydrogens is 357 g/mol. The van der Waals surface area contributed by atoms with Crippen molar-refractivity contribution in [1.82, 2.24) is 0 Å². The van der Waals surface area contributed by atoms with Gasteiger partial charge < -0.3 is 9.47 Å². The van der Waals surface area contributed by atoms with E-state index in [1.165, 1.54) is 12.1 Å². The van der Waals surface area contributed by atoms with Gasteiger partial charge in [0.1, 0.15) is 12.4 Å². The Morgan fingerprint density at radius 1 is 1.30 bits per heavy atom. The summed E-state index contributed by atoms with van der Waals surface area (Å²) in [7, 11) is 0. The molecule has 0 fully saturated rings. The van der Waals surface area contributed by atoms with Gasteiger partial charge in [-0.25, -0.2) is 4.79 Å². The van der Waals surface area contributed by atoms with Crippen LogP contribution in [-0.4, -0.2) is 19.2 Å². The summed E-state index contributed by atoms with van der Waals surface area (Å²) in [6.45, 7) is 5.96.